The molecule has 4 nitrogen and oxygen atoms in total. The highest BCUT2D eigenvalue weighted by Gasteiger charge is 2.15. The number of halogens is 1. The van der Waals surface area contributed by atoms with Gasteiger partial charge in [-0.15, -0.1) is 5.92 Å². The van der Waals surface area contributed by atoms with Crippen LogP contribution in [-0.2, 0) is 0 Å². The van der Waals surface area contributed by atoms with Gasteiger partial charge in [0.1, 0.15) is 6.61 Å². The lowest BCUT2D eigenvalue weighted by molar-refractivity contribution is 0.347. The maximum Gasteiger partial charge on any atom is 0.168 e. The smallest absolute Gasteiger partial charge is 0.168 e. The van der Waals surface area contributed by atoms with Crippen molar-refractivity contribution in [3.8, 4) is 28.8 Å². The average Bonchev–Trinajstić information content (AvgIpc) is 2.97. The molecular formula is C18H16FN3O. The number of benzene rings is 1. The summed E-state index contributed by atoms with van der Waals surface area (Å²) in [5.74, 6) is 5.31. The highest BCUT2D eigenvalue weighted by atomic mass is 19.1. The van der Waals surface area contributed by atoms with E-state index in [-0.39, 0.29) is 18.2 Å². The molecule has 2 heterocycles. The molecule has 0 saturated carbocycles. The fraction of sp³-hybridized carbons (Fsp3) is 0.222. The van der Waals surface area contributed by atoms with Crippen LogP contribution < -0.4 is 4.74 Å². The van der Waals surface area contributed by atoms with Gasteiger partial charge in [-0.1, -0.05) is 5.92 Å². The van der Waals surface area contributed by atoms with Crippen molar-refractivity contribution in [2.24, 2.45) is 0 Å². The summed E-state index contributed by atoms with van der Waals surface area (Å²) in [4.78, 5) is 8.60. The molecule has 0 aliphatic heterocycles. The Hall–Kier alpha value is -2.87. The van der Waals surface area contributed by atoms with E-state index in [9.17, 15) is 4.39 Å². The van der Waals surface area contributed by atoms with Crippen molar-refractivity contribution in [2.45, 2.75) is 20.8 Å². The van der Waals surface area contributed by atoms with Crippen molar-refractivity contribution >= 4 is 5.65 Å². The summed E-state index contributed by atoms with van der Waals surface area (Å²) in [5.41, 5.74) is 3.70. The normalized spacial score (nSPS) is 10.4. The van der Waals surface area contributed by atoms with Gasteiger partial charge in [0.2, 0.25) is 0 Å². The lowest BCUT2D eigenvalue weighted by Crippen LogP contribution is -2.00. The first-order valence-corrected chi connectivity index (χ1v) is 7.24. The Balaban J connectivity index is 2.07. The lowest BCUT2D eigenvalue weighted by Gasteiger charge is -2.11. The number of imidazole rings is 1. The Morgan fingerprint density at radius 2 is 2.09 bits per heavy atom. The maximum absolute atomic E-state index is 14.5. The third-order valence-electron chi connectivity index (χ3n) is 3.71. The minimum Gasteiger partial charge on any atom is -0.478 e. The van der Waals surface area contributed by atoms with Gasteiger partial charge in [-0.25, -0.2) is 9.37 Å². The molecule has 0 amide bonds. The van der Waals surface area contributed by atoms with Gasteiger partial charge in [0, 0.05) is 18.0 Å². The molecule has 0 unspecified atom stereocenters. The predicted octanol–water partition coefficient (Wildman–Crippen LogP) is 3.55. The van der Waals surface area contributed by atoms with Crippen LogP contribution in [-0.4, -0.2) is 21.0 Å². The van der Waals surface area contributed by atoms with Gasteiger partial charge >= 0.3 is 0 Å². The fourth-order valence-corrected chi connectivity index (χ4v) is 2.48. The minimum absolute atomic E-state index is 0.173. The number of hydrogen-bond acceptors (Lipinski definition) is 3. The summed E-state index contributed by atoms with van der Waals surface area (Å²) < 4.78 is 21.8. The molecule has 0 aliphatic rings. The van der Waals surface area contributed by atoms with Crippen molar-refractivity contribution < 1.29 is 9.13 Å². The number of nitrogens with zero attached hydrogens (tertiary/aromatic N) is 3. The van der Waals surface area contributed by atoms with E-state index in [0.717, 1.165) is 22.6 Å². The molecule has 3 rings (SSSR count). The van der Waals surface area contributed by atoms with E-state index < -0.39 is 0 Å². The van der Waals surface area contributed by atoms with Crippen molar-refractivity contribution in [3.63, 3.8) is 0 Å². The van der Waals surface area contributed by atoms with E-state index in [1.54, 1.807) is 32.3 Å². The number of fused-ring (bicyclic) bond motifs is 1. The second kappa shape index (κ2) is 6.09. The van der Waals surface area contributed by atoms with Crippen LogP contribution in [0.4, 0.5) is 4.39 Å². The zero-order valence-corrected chi connectivity index (χ0v) is 13.2. The van der Waals surface area contributed by atoms with Crippen LogP contribution in [0.1, 0.15) is 18.2 Å². The van der Waals surface area contributed by atoms with Gasteiger partial charge in [-0.3, -0.25) is 9.38 Å². The third kappa shape index (κ3) is 2.64. The van der Waals surface area contributed by atoms with E-state index in [0.29, 0.717) is 5.56 Å². The molecule has 1 aromatic carbocycles. The van der Waals surface area contributed by atoms with E-state index in [4.69, 9.17) is 4.74 Å². The number of rotatable bonds is 3. The Morgan fingerprint density at radius 1 is 1.26 bits per heavy atom. The fourth-order valence-electron chi connectivity index (χ4n) is 2.48. The van der Waals surface area contributed by atoms with E-state index in [2.05, 4.69) is 21.8 Å². The quantitative estimate of drug-likeness (QED) is 0.695. The van der Waals surface area contributed by atoms with Crippen LogP contribution in [0, 0.1) is 31.5 Å². The van der Waals surface area contributed by atoms with Crippen LogP contribution in [0.25, 0.3) is 16.9 Å². The first-order valence-electron chi connectivity index (χ1n) is 7.24. The molecule has 2 aromatic heterocycles. The van der Waals surface area contributed by atoms with Crippen LogP contribution in [0.5, 0.6) is 5.75 Å². The van der Waals surface area contributed by atoms with Gasteiger partial charge in [0.15, 0.2) is 17.2 Å². The molecule has 0 spiro atoms. The molecule has 0 radical (unpaired) electrons. The van der Waals surface area contributed by atoms with Crippen LogP contribution in [0.15, 0.2) is 30.7 Å². The molecule has 3 aromatic rings. The number of aryl methyl sites for hydroxylation is 1. The molecule has 0 saturated heterocycles. The summed E-state index contributed by atoms with van der Waals surface area (Å²) in [6.45, 7) is 5.52. The van der Waals surface area contributed by atoms with Gasteiger partial charge in [-0.05, 0) is 38.5 Å². The lowest BCUT2D eigenvalue weighted by atomic mass is 10.1. The standard InChI is InChI=1S/C18H16FN3O/c1-4-5-10-23-16-7-6-14(12(2)17(16)19)15-11-21-18-13(3)20-8-9-22(15)18/h6-9,11H,10H2,1-3H3. The van der Waals surface area contributed by atoms with Crippen molar-refractivity contribution in [1.82, 2.24) is 14.4 Å². The number of hydrogen-bond donors (Lipinski definition) is 0. The molecule has 0 bridgehead atoms. The monoisotopic (exact) mass is 309 g/mol. The zero-order chi connectivity index (χ0) is 16.4. The molecule has 0 fully saturated rings. The molecule has 0 N–H and O–H groups in total. The van der Waals surface area contributed by atoms with Crippen molar-refractivity contribution in [1.29, 1.82) is 0 Å². The average molecular weight is 309 g/mol. The Bertz CT molecular complexity index is 935. The Morgan fingerprint density at radius 3 is 2.87 bits per heavy atom. The highest BCUT2D eigenvalue weighted by Crippen LogP contribution is 2.31. The first kappa shape index (κ1) is 15.0. The van der Waals surface area contributed by atoms with Crippen LogP contribution in [0.2, 0.25) is 0 Å². The molecule has 5 heteroatoms. The van der Waals surface area contributed by atoms with Crippen LogP contribution >= 0.6 is 0 Å². The van der Waals surface area contributed by atoms with Crippen LogP contribution in [0.3, 0.4) is 0 Å². The predicted molar refractivity (Wildman–Crippen MR) is 86.8 cm³/mol. The largest absolute Gasteiger partial charge is 0.478 e. The molecule has 116 valence electrons. The summed E-state index contributed by atoms with van der Waals surface area (Å²) in [7, 11) is 0. The van der Waals surface area contributed by atoms with E-state index >= 15 is 0 Å². The summed E-state index contributed by atoms with van der Waals surface area (Å²) in [6.07, 6.45) is 5.26. The van der Waals surface area contributed by atoms with Gasteiger partial charge in [-0.2, -0.15) is 0 Å². The zero-order valence-electron chi connectivity index (χ0n) is 13.2. The van der Waals surface area contributed by atoms with Gasteiger partial charge in [0.25, 0.3) is 0 Å². The molecular weight excluding hydrogens is 293 g/mol. The first-order chi connectivity index (χ1) is 11.1. The Labute approximate surface area is 134 Å². The molecule has 23 heavy (non-hydrogen) atoms. The summed E-state index contributed by atoms with van der Waals surface area (Å²) >= 11 is 0. The summed E-state index contributed by atoms with van der Waals surface area (Å²) in [5, 5.41) is 0. The maximum atomic E-state index is 14.5. The van der Waals surface area contributed by atoms with E-state index in [1.807, 2.05) is 23.6 Å². The van der Waals surface area contributed by atoms with E-state index in [1.165, 1.54) is 0 Å². The van der Waals surface area contributed by atoms with Gasteiger partial charge < -0.3 is 4.74 Å². The highest BCUT2D eigenvalue weighted by molar-refractivity contribution is 5.68. The number of aromatic nitrogens is 3. The molecule has 0 aliphatic carbocycles. The van der Waals surface area contributed by atoms with Gasteiger partial charge in [0.05, 0.1) is 17.6 Å². The second-order valence-corrected chi connectivity index (χ2v) is 5.12. The van der Waals surface area contributed by atoms with Crippen molar-refractivity contribution in [2.75, 3.05) is 6.61 Å². The minimum atomic E-state index is -0.374. The Kier molecular flexibility index (Phi) is 3.98. The number of ether oxygens (including phenoxy) is 1. The SMILES string of the molecule is CC#CCOc1ccc(-c2cnc3c(C)nccn23)c(C)c1F. The third-order valence-corrected chi connectivity index (χ3v) is 3.71. The summed E-state index contributed by atoms with van der Waals surface area (Å²) in [6, 6.07) is 3.47. The second-order valence-electron chi connectivity index (χ2n) is 5.12. The molecule has 0 atom stereocenters. The topological polar surface area (TPSA) is 39.4 Å². The van der Waals surface area contributed by atoms with Crippen molar-refractivity contribution in [3.05, 3.63) is 47.8 Å².